The van der Waals surface area contributed by atoms with Gasteiger partial charge in [-0.3, -0.25) is 4.98 Å². The fourth-order valence-corrected chi connectivity index (χ4v) is 3.55. The molecule has 1 aliphatic rings. The molecular formula is C19H26N2. The van der Waals surface area contributed by atoms with Crippen LogP contribution in [0.5, 0.6) is 0 Å². The average molecular weight is 282 g/mol. The normalized spacial score (nSPS) is 22.6. The van der Waals surface area contributed by atoms with Crippen LogP contribution in [0.3, 0.4) is 0 Å². The standard InChI is InChI=1S/C19H26N2/c1-14-4-3-5-16(10-14)12-20-13-17-7-9-19-18(11-17)8-6-15(2)21-19/h6-9,11,14,16,20H,3-5,10,12-13H2,1-2H3. The molecule has 1 aromatic carbocycles. The predicted octanol–water partition coefficient (Wildman–Crippen LogP) is 4.46. The molecule has 1 saturated carbocycles. The van der Waals surface area contributed by atoms with Gasteiger partial charge in [0.15, 0.2) is 0 Å². The molecule has 0 amide bonds. The van der Waals surface area contributed by atoms with E-state index in [9.17, 15) is 0 Å². The molecule has 21 heavy (non-hydrogen) atoms. The van der Waals surface area contributed by atoms with E-state index >= 15 is 0 Å². The summed E-state index contributed by atoms with van der Waals surface area (Å²) in [5.41, 5.74) is 3.54. The summed E-state index contributed by atoms with van der Waals surface area (Å²) in [6.07, 6.45) is 5.63. The summed E-state index contributed by atoms with van der Waals surface area (Å²) in [4.78, 5) is 4.56. The zero-order chi connectivity index (χ0) is 14.7. The first kappa shape index (κ1) is 14.5. The third-order valence-corrected chi connectivity index (χ3v) is 4.70. The van der Waals surface area contributed by atoms with Gasteiger partial charge in [0.1, 0.15) is 0 Å². The molecule has 2 nitrogen and oxygen atoms in total. The first-order valence-corrected chi connectivity index (χ1v) is 8.28. The van der Waals surface area contributed by atoms with E-state index in [0.717, 1.165) is 36.1 Å². The second-order valence-electron chi connectivity index (χ2n) is 6.75. The minimum Gasteiger partial charge on any atom is -0.312 e. The zero-order valence-electron chi connectivity index (χ0n) is 13.2. The van der Waals surface area contributed by atoms with E-state index in [4.69, 9.17) is 0 Å². The molecule has 2 heteroatoms. The largest absolute Gasteiger partial charge is 0.312 e. The third kappa shape index (κ3) is 3.82. The van der Waals surface area contributed by atoms with Gasteiger partial charge in [0.05, 0.1) is 5.52 Å². The lowest BCUT2D eigenvalue weighted by atomic mass is 9.82. The summed E-state index contributed by atoms with van der Waals surface area (Å²) in [6, 6.07) is 10.9. The Morgan fingerprint density at radius 2 is 2.10 bits per heavy atom. The number of nitrogens with one attached hydrogen (secondary N) is 1. The quantitative estimate of drug-likeness (QED) is 0.895. The van der Waals surface area contributed by atoms with Crippen molar-refractivity contribution in [1.29, 1.82) is 0 Å². The van der Waals surface area contributed by atoms with Gasteiger partial charge in [0, 0.05) is 17.6 Å². The highest BCUT2D eigenvalue weighted by Crippen LogP contribution is 2.28. The minimum atomic E-state index is 0.874. The van der Waals surface area contributed by atoms with Crippen molar-refractivity contribution in [2.75, 3.05) is 6.54 Å². The molecule has 2 unspecified atom stereocenters. The first-order valence-electron chi connectivity index (χ1n) is 8.28. The Morgan fingerprint density at radius 1 is 1.19 bits per heavy atom. The van der Waals surface area contributed by atoms with Crippen LogP contribution in [0.1, 0.15) is 43.9 Å². The Bertz CT molecular complexity index is 606. The van der Waals surface area contributed by atoms with E-state index in [1.807, 2.05) is 6.92 Å². The van der Waals surface area contributed by atoms with Crippen LogP contribution in [0.4, 0.5) is 0 Å². The zero-order valence-corrected chi connectivity index (χ0v) is 13.2. The van der Waals surface area contributed by atoms with Gasteiger partial charge in [-0.05, 0) is 61.9 Å². The second-order valence-corrected chi connectivity index (χ2v) is 6.75. The van der Waals surface area contributed by atoms with Gasteiger partial charge in [0.25, 0.3) is 0 Å². The SMILES string of the molecule is Cc1ccc2cc(CNCC3CCCC(C)C3)ccc2n1. The highest BCUT2D eigenvalue weighted by Gasteiger charge is 2.18. The maximum absolute atomic E-state index is 4.56. The second kappa shape index (κ2) is 6.57. The molecule has 0 radical (unpaired) electrons. The molecular weight excluding hydrogens is 256 g/mol. The molecule has 0 bridgehead atoms. The number of benzene rings is 1. The van der Waals surface area contributed by atoms with Crippen LogP contribution < -0.4 is 5.32 Å². The van der Waals surface area contributed by atoms with E-state index in [2.05, 4.69) is 47.6 Å². The number of hydrogen-bond donors (Lipinski definition) is 1. The number of pyridine rings is 1. The molecule has 0 aliphatic heterocycles. The van der Waals surface area contributed by atoms with Gasteiger partial charge in [-0.1, -0.05) is 31.9 Å². The van der Waals surface area contributed by atoms with Gasteiger partial charge in [-0.15, -0.1) is 0 Å². The summed E-state index contributed by atoms with van der Waals surface area (Å²) in [5, 5.41) is 4.89. The van der Waals surface area contributed by atoms with Crippen LogP contribution in [-0.4, -0.2) is 11.5 Å². The smallest absolute Gasteiger partial charge is 0.0705 e. The summed E-state index contributed by atoms with van der Waals surface area (Å²) in [5.74, 6) is 1.79. The summed E-state index contributed by atoms with van der Waals surface area (Å²) >= 11 is 0. The lowest BCUT2D eigenvalue weighted by Gasteiger charge is -2.26. The van der Waals surface area contributed by atoms with E-state index in [-0.39, 0.29) is 0 Å². The fourth-order valence-electron chi connectivity index (χ4n) is 3.55. The monoisotopic (exact) mass is 282 g/mol. The van der Waals surface area contributed by atoms with Gasteiger partial charge < -0.3 is 5.32 Å². The average Bonchev–Trinajstić information content (AvgIpc) is 2.47. The van der Waals surface area contributed by atoms with Crippen LogP contribution in [0.15, 0.2) is 30.3 Å². The Balaban J connectivity index is 1.56. The molecule has 1 fully saturated rings. The number of rotatable bonds is 4. The third-order valence-electron chi connectivity index (χ3n) is 4.70. The van der Waals surface area contributed by atoms with Gasteiger partial charge in [-0.2, -0.15) is 0 Å². The molecule has 1 aromatic heterocycles. The number of aryl methyl sites for hydroxylation is 1. The van der Waals surface area contributed by atoms with Crippen molar-refractivity contribution in [3.8, 4) is 0 Å². The predicted molar refractivity (Wildman–Crippen MR) is 89.3 cm³/mol. The van der Waals surface area contributed by atoms with Crippen LogP contribution in [0.25, 0.3) is 10.9 Å². The van der Waals surface area contributed by atoms with Crippen molar-refractivity contribution in [2.24, 2.45) is 11.8 Å². The van der Waals surface area contributed by atoms with Gasteiger partial charge >= 0.3 is 0 Å². The van der Waals surface area contributed by atoms with E-state index in [1.54, 1.807) is 0 Å². The van der Waals surface area contributed by atoms with Gasteiger partial charge in [-0.25, -0.2) is 0 Å². The summed E-state index contributed by atoms with van der Waals surface area (Å²) in [7, 11) is 0. The van der Waals surface area contributed by atoms with Crippen LogP contribution in [-0.2, 0) is 6.54 Å². The van der Waals surface area contributed by atoms with Crippen LogP contribution in [0, 0.1) is 18.8 Å². The highest BCUT2D eigenvalue weighted by atomic mass is 14.9. The maximum atomic E-state index is 4.56. The van der Waals surface area contributed by atoms with Crippen LogP contribution >= 0.6 is 0 Å². The lowest BCUT2D eigenvalue weighted by Crippen LogP contribution is -2.26. The number of nitrogens with zero attached hydrogens (tertiary/aromatic N) is 1. The molecule has 1 aliphatic carbocycles. The van der Waals surface area contributed by atoms with Crippen molar-refractivity contribution in [3.05, 3.63) is 41.6 Å². The maximum Gasteiger partial charge on any atom is 0.0705 e. The molecule has 3 rings (SSSR count). The molecule has 1 N–H and O–H groups in total. The number of hydrogen-bond acceptors (Lipinski definition) is 2. The molecule has 1 heterocycles. The Kier molecular flexibility index (Phi) is 4.54. The molecule has 2 atom stereocenters. The summed E-state index contributed by atoms with van der Waals surface area (Å²) in [6.45, 7) is 6.56. The molecule has 2 aromatic rings. The lowest BCUT2D eigenvalue weighted by molar-refractivity contribution is 0.274. The Morgan fingerprint density at radius 3 is 2.95 bits per heavy atom. The number of aromatic nitrogens is 1. The highest BCUT2D eigenvalue weighted by molar-refractivity contribution is 5.79. The summed E-state index contributed by atoms with van der Waals surface area (Å²) < 4.78 is 0. The Labute approximate surface area is 128 Å². The van der Waals surface area contributed by atoms with Gasteiger partial charge in [0.2, 0.25) is 0 Å². The first-order chi connectivity index (χ1) is 10.2. The molecule has 112 valence electrons. The van der Waals surface area contributed by atoms with E-state index in [1.165, 1.54) is 36.6 Å². The molecule has 0 saturated heterocycles. The van der Waals surface area contributed by atoms with E-state index < -0.39 is 0 Å². The fraction of sp³-hybridized carbons (Fsp3) is 0.526. The van der Waals surface area contributed by atoms with E-state index in [0.29, 0.717) is 0 Å². The van der Waals surface area contributed by atoms with Crippen molar-refractivity contribution in [3.63, 3.8) is 0 Å². The molecule has 0 spiro atoms. The van der Waals surface area contributed by atoms with Crippen LogP contribution in [0.2, 0.25) is 0 Å². The van der Waals surface area contributed by atoms with Crippen molar-refractivity contribution >= 4 is 10.9 Å². The minimum absolute atomic E-state index is 0.874. The van der Waals surface area contributed by atoms with Crippen molar-refractivity contribution < 1.29 is 0 Å². The Hall–Kier alpha value is -1.41. The van der Waals surface area contributed by atoms with Crippen molar-refractivity contribution in [2.45, 2.75) is 46.1 Å². The topological polar surface area (TPSA) is 24.9 Å². The van der Waals surface area contributed by atoms with Crippen molar-refractivity contribution in [1.82, 2.24) is 10.3 Å². The number of fused-ring (bicyclic) bond motifs is 1.